The van der Waals surface area contributed by atoms with E-state index in [9.17, 15) is 0 Å². The van der Waals surface area contributed by atoms with E-state index in [1.54, 1.807) is 0 Å². The van der Waals surface area contributed by atoms with Gasteiger partial charge in [0.2, 0.25) is 0 Å². The van der Waals surface area contributed by atoms with Gasteiger partial charge in [-0.25, -0.2) is 0 Å². The highest BCUT2D eigenvalue weighted by Gasteiger charge is 2.21. The Morgan fingerprint density at radius 1 is 1.07 bits per heavy atom. The number of nitrogens with one attached hydrogen (secondary N) is 1. The van der Waals surface area contributed by atoms with Gasteiger partial charge in [0.1, 0.15) is 0 Å². The fourth-order valence-corrected chi connectivity index (χ4v) is 2.77. The van der Waals surface area contributed by atoms with Crippen LogP contribution in [-0.4, -0.2) is 37.1 Å². The summed E-state index contributed by atoms with van der Waals surface area (Å²) in [5.74, 6) is 0. The van der Waals surface area contributed by atoms with Gasteiger partial charge in [0.05, 0.1) is 0 Å². The van der Waals surface area contributed by atoms with Crippen LogP contribution in [0, 0.1) is 0 Å². The summed E-state index contributed by atoms with van der Waals surface area (Å²) >= 11 is 0. The van der Waals surface area contributed by atoms with Crippen LogP contribution in [0.1, 0.15) is 51.4 Å². The highest BCUT2D eigenvalue weighted by Crippen LogP contribution is 2.23. The van der Waals surface area contributed by atoms with Crippen LogP contribution in [-0.2, 0) is 0 Å². The third-order valence-corrected chi connectivity index (χ3v) is 4.17. The summed E-state index contributed by atoms with van der Waals surface area (Å²) in [6, 6.07) is 1.76. The van der Waals surface area contributed by atoms with Crippen molar-refractivity contribution in [1.29, 1.82) is 0 Å². The Kier molecular flexibility index (Phi) is 4.45. The zero-order valence-corrected chi connectivity index (χ0v) is 10.2. The van der Waals surface area contributed by atoms with Crippen LogP contribution in [0.5, 0.6) is 0 Å². The van der Waals surface area contributed by atoms with Gasteiger partial charge in [-0.3, -0.25) is 0 Å². The van der Waals surface area contributed by atoms with Crippen molar-refractivity contribution in [3.8, 4) is 0 Å². The lowest BCUT2D eigenvalue weighted by Crippen LogP contribution is -2.39. The first-order chi connectivity index (χ1) is 7.36. The molecule has 0 aliphatic heterocycles. The van der Waals surface area contributed by atoms with Gasteiger partial charge >= 0.3 is 0 Å². The minimum atomic E-state index is 0.846. The summed E-state index contributed by atoms with van der Waals surface area (Å²) in [6.45, 7) is 2.51. The van der Waals surface area contributed by atoms with Crippen LogP contribution in [0.3, 0.4) is 0 Å². The molecule has 2 nitrogen and oxygen atoms in total. The topological polar surface area (TPSA) is 15.3 Å². The van der Waals surface area contributed by atoms with Crippen LogP contribution in [0.4, 0.5) is 0 Å². The molecule has 2 heteroatoms. The standard InChI is InChI=1S/C13H26N2/c1-15(13-8-4-9-13)11-5-10-14-12-6-2-3-7-12/h12-14H,2-11H2,1H3. The first kappa shape index (κ1) is 11.4. The Hall–Kier alpha value is -0.0800. The zero-order valence-electron chi connectivity index (χ0n) is 10.2. The first-order valence-electron chi connectivity index (χ1n) is 6.80. The average molecular weight is 210 g/mol. The lowest BCUT2D eigenvalue weighted by atomic mass is 9.92. The number of nitrogens with zero attached hydrogens (tertiary/aromatic N) is 1. The van der Waals surface area contributed by atoms with Gasteiger partial charge in [0.15, 0.2) is 0 Å². The molecule has 0 spiro atoms. The molecule has 2 saturated carbocycles. The molecule has 88 valence electrons. The summed E-state index contributed by atoms with van der Waals surface area (Å²) in [5.41, 5.74) is 0. The van der Waals surface area contributed by atoms with E-state index in [0.717, 1.165) is 12.1 Å². The molecule has 0 atom stereocenters. The summed E-state index contributed by atoms with van der Waals surface area (Å²) < 4.78 is 0. The molecule has 0 amide bonds. The molecule has 1 N–H and O–H groups in total. The molecule has 2 fully saturated rings. The van der Waals surface area contributed by atoms with Crippen molar-refractivity contribution in [2.75, 3.05) is 20.1 Å². The summed E-state index contributed by atoms with van der Waals surface area (Å²) in [6.07, 6.45) is 11.4. The van der Waals surface area contributed by atoms with E-state index in [1.807, 2.05) is 0 Å². The van der Waals surface area contributed by atoms with E-state index in [2.05, 4.69) is 17.3 Å². The van der Waals surface area contributed by atoms with Crippen molar-refractivity contribution < 1.29 is 0 Å². The Labute approximate surface area is 94.4 Å². The molecular weight excluding hydrogens is 184 g/mol. The molecule has 2 aliphatic rings. The van der Waals surface area contributed by atoms with Gasteiger partial charge in [-0.15, -0.1) is 0 Å². The zero-order chi connectivity index (χ0) is 10.5. The lowest BCUT2D eigenvalue weighted by Gasteiger charge is -2.34. The second-order valence-electron chi connectivity index (χ2n) is 5.35. The lowest BCUT2D eigenvalue weighted by molar-refractivity contribution is 0.157. The maximum atomic E-state index is 3.69. The molecule has 0 bridgehead atoms. The maximum absolute atomic E-state index is 3.69. The Morgan fingerprint density at radius 2 is 1.80 bits per heavy atom. The minimum Gasteiger partial charge on any atom is -0.314 e. The molecule has 0 unspecified atom stereocenters. The smallest absolute Gasteiger partial charge is 0.00922 e. The van der Waals surface area contributed by atoms with Gasteiger partial charge in [-0.1, -0.05) is 19.3 Å². The van der Waals surface area contributed by atoms with Gasteiger partial charge in [-0.05, 0) is 52.2 Å². The molecule has 2 aliphatic carbocycles. The largest absolute Gasteiger partial charge is 0.314 e. The fourth-order valence-electron chi connectivity index (χ4n) is 2.77. The SMILES string of the molecule is CN(CCCNC1CCCC1)C1CCC1. The Balaban J connectivity index is 1.47. The molecule has 0 radical (unpaired) electrons. The Bertz CT molecular complexity index is 171. The van der Waals surface area contributed by atoms with Gasteiger partial charge in [0, 0.05) is 12.1 Å². The number of hydrogen-bond acceptors (Lipinski definition) is 2. The predicted molar refractivity (Wildman–Crippen MR) is 65.1 cm³/mol. The van der Waals surface area contributed by atoms with E-state index in [1.165, 1.54) is 64.5 Å². The van der Waals surface area contributed by atoms with Crippen LogP contribution < -0.4 is 5.32 Å². The average Bonchev–Trinajstić information content (AvgIpc) is 2.62. The third kappa shape index (κ3) is 3.46. The van der Waals surface area contributed by atoms with E-state index in [0.29, 0.717) is 0 Å². The van der Waals surface area contributed by atoms with Gasteiger partial charge in [-0.2, -0.15) is 0 Å². The third-order valence-electron chi connectivity index (χ3n) is 4.17. The quantitative estimate of drug-likeness (QED) is 0.677. The second kappa shape index (κ2) is 5.86. The molecular formula is C13H26N2. The van der Waals surface area contributed by atoms with Crippen LogP contribution in [0.25, 0.3) is 0 Å². The molecule has 0 heterocycles. The molecule has 0 aromatic heterocycles. The summed E-state index contributed by atoms with van der Waals surface area (Å²) in [5, 5.41) is 3.69. The molecule has 15 heavy (non-hydrogen) atoms. The second-order valence-corrected chi connectivity index (χ2v) is 5.35. The van der Waals surface area contributed by atoms with E-state index in [-0.39, 0.29) is 0 Å². The Morgan fingerprint density at radius 3 is 2.40 bits per heavy atom. The molecule has 2 rings (SSSR count). The van der Waals surface area contributed by atoms with Crippen molar-refractivity contribution in [2.24, 2.45) is 0 Å². The molecule has 0 aromatic rings. The molecule has 0 saturated heterocycles. The highest BCUT2D eigenvalue weighted by molar-refractivity contribution is 4.78. The van der Waals surface area contributed by atoms with Gasteiger partial charge in [0.25, 0.3) is 0 Å². The van der Waals surface area contributed by atoms with E-state index >= 15 is 0 Å². The highest BCUT2D eigenvalue weighted by atomic mass is 15.1. The molecule has 0 aromatic carbocycles. The van der Waals surface area contributed by atoms with Crippen molar-refractivity contribution in [3.63, 3.8) is 0 Å². The number of rotatable bonds is 6. The van der Waals surface area contributed by atoms with E-state index < -0.39 is 0 Å². The predicted octanol–water partition coefficient (Wildman–Crippen LogP) is 2.39. The maximum Gasteiger partial charge on any atom is 0.00922 e. The normalized spacial score (nSPS) is 23.6. The monoisotopic (exact) mass is 210 g/mol. The minimum absolute atomic E-state index is 0.846. The number of hydrogen-bond donors (Lipinski definition) is 1. The van der Waals surface area contributed by atoms with Crippen LogP contribution >= 0.6 is 0 Å². The van der Waals surface area contributed by atoms with E-state index in [4.69, 9.17) is 0 Å². The van der Waals surface area contributed by atoms with Gasteiger partial charge < -0.3 is 10.2 Å². The fraction of sp³-hybridized carbons (Fsp3) is 1.00. The van der Waals surface area contributed by atoms with Crippen LogP contribution in [0.15, 0.2) is 0 Å². The summed E-state index contributed by atoms with van der Waals surface area (Å²) in [7, 11) is 2.29. The van der Waals surface area contributed by atoms with Crippen molar-refractivity contribution >= 4 is 0 Å². The first-order valence-corrected chi connectivity index (χ1v) is 6.80. The van der Waals surface area contributed by atoms with Crippen molar-refractivity contribution in [2.45, 2.75) is 63.5 Å². The van der Waals surface area contributed by atoms with Crippen molar-refractivity contribution in [3.05, 3.63) is 0 Å². The van der Waals surface area contributed by atoms with Crippen LogP contribution in [0.2, 0.25) is 0 Å². The van der Waals surface area contributed by atoms with Crippen molar-refractivity contribution in [1.82, 2.24) is 10.2 Å². The summed E-state index contributed by atoms with van der Waals surface area (Å²) in [4.78, 5) is 2.56.